The van der Waals surface area contributed by atoms with Crippen molar-refractivity contribution in [1.29, 1.82) is 0 Å². The highest BCUT2D eigenvalue weighted by Gasteiger charge is 2.30. The van der Waals surface area contributed by atoms with E-state index in [2.05, 4.69) is 10.6 Å². The molecule has 1 aliphatic heterocycles. The summed E-state index contributed by atoms with van der Waals surface area (Å²) < 4.78 is 5.23. The lowest BCUT2D eigenvalue weighted by molar-refractivity contribution is -0.149. The smallest absolute Gasteiger partial charge is 0.332 e. The Morgan fingerprint density at radius 2 is 2.11 bits per heavy atom. The zero-order valence-electron chi connectivity index (χ0n) is 10.7. The van der Waals surface area contributed by atoms with E-state index in [1.165, 1.54) is 0 Å². The van der Waals surface area contributed by atoms with E-state index in [-0.39, 0.29) is 25.1 Å². The molecule has 1 aliphatic rings. The van der Waals surface area contributed by atoms with Gasteiger partial charge in [0.1, 0.15) is 0 Å². The number of urea groups is 1. The normalized spacial score (nSPS) is 23.6. The first kappa shape index (κ1) is 15.2. The van der Waals surface area contributed by atoms with Crippen LogP contribution < -0.4 is 16.4 Å². The topological polar surface area (TPSA) is 131 Å². The zero-order valence-corrected chi connectivity index (χ0v) is 10.7. The van der Waals surface area contributed by atoms with Gasteiger partial charge in [-0.15, -0.1) is 0 Å². The molecule has 19 heavy (non-hydrogen) atoms. The van der Waals surface area contributed by atoms with Crippen LogP contribution in [0.15, 0.2) is 0 Å². The summed E-state index contributed by atoms with van der Waals surface area (Å²) in [5, 5.41) is 13.9. The molecule has 0 saturated carbocycles. The number of hydrogen-bond acceptors (Lipinski definition) is 4. The number of carboxylic acids is 1. The van der Waals surface area contributed by atoms with Gasteiger partial charge in [-0.05, 0) is 19.8 Å². The predicted octanol–water partition coefficient (Wildman–Crippen LogP) is -0.818. The summed E-state index contributed by atoms with van der Waals surface area (Å²) >= 11 is 0. The van der Waals surface area contributed by atoms with E-state index in [0.717, 1.165) is 0 Å². The third-order valence-corrected chi connectivity index (χ3v) is 2.76. The Labute approximate surface area is 110 Å². The minimum atomic E-state index is -0.984. The lowest BCUT2D eigenvalue weighted by Crippen LogP contribution is -2.44. The molecule has 0 aromatic rings. The summed E-state index contributed by atoms with van der Waals surface area (Å²) in [6.07, 6.45) is 0.0196. The van der Waals surface area contributed by atoms with Crippen molar-refractivity contribution in [3.63, 3.8) is 0 Å². The summed E-state index contributed by atoms with van der Waals surface area (Å²) in [7, 11) is 0. The van der Waals surface area contributed by atoms with Gasteiger partial charge in [-0.3, -0.25) is 4.79 Å². The highest BCUT2D eigenvalue weighted by atomic mass is 16.5. The van der Waals surface area contributed by atoms with E-state index < -0.39 is 24.0 Å². The van der Waals surface area contributed by atoms with Crippen LogP contribution in [0.3, 0.4) is 0 Å². The largest absolute Gasteiger partial charge is 0.479 e. The molecule has 3 amide bonds. The number of primary amides is 1. The number of rotatable bonds is 6. The lowest BCUT2D eigenvalue weighted by atomic mass is 10.2. The number of amides is 3. The molecule has 3 unspecified atom stereocenters. The number of hydrogen-bond donors (Lipinski definition) is 4. The van der Waals surface area contributed by atoms with Gasteiger partial charge in [0, 0.05) is 19.0 Å². The molecular formula is C11H19N3O5. The van der Waals surface area contributed by atoms with Crippen LogP contribution in [-0.4, -0.2) is 47.8 Å². The van der Waals surface area contributed by atoms with Crippen molar-refractivity contribution >= 4 is 17.9 Å². The van der Waals surface area contributed by atoms with Crippen LogP contribution in [0.4, 0.5) is 4.79 Å². The maximum absolute atomic E-state index is 11.5. The fourth-order valence-corrected chi connectivity index (χ4v) is 1.87. The van der Waals surface area contributed by atoms with Crippen LogP contribution >= 0.6 is 0 Å². The molecule has 108 valence electrons. The Hall–Kier alpha value is -1.83. The van der Waals surface area contributed by atoms with E-state index in [4.69, 9.17) is 15.6 Å². The van der Waals surface area contributed by atoms with Gasteiger partial charge < -0.3 is 26.2 Å². The molecule has 1 rings (SSSR count). The Morgan fingerprint density at radius 1 is 1.42 bits per heavy atom. The first-order valence-corrected chi connectivity index (χ1v) is 6.09. The van der Waals surface area contributed by atoms with Crippen molar-refractivity contribution in [1.82, 2.24) is 10.6 Å². The zero-order chi connectivity index (χ0) is 14.4. The van der Waals surface area contributed by atoms with Crippen molar-refractivity contribution in [2.45, 2.75) is 44.4 Å². The van der Waals surface area contributed by atoms with Gasteiger partial charge in [0.05, 0.1) is 6.10 Å². The van der Waals surface area contributed by atoms with Crippen LogP contribution in [0.1, 0.15) is 26.2 Å². The Kier molecular flexibility index (Phi) is 5.56. The number of carbonyl (C=O) groups is 3. The molecule has 1 fully saturated rings. The standard InChI is InChI=1S/C11H19N3O5/c1-6(4-9(12)15)14-11(18)13-5-7-2-3-8(19-7)10(16)17/h6-8H,2-5H2,1H3,(H2,12,15)(H,16,17)(H2,13,14,18). The van der Waals surface area contributed by atoms with Gasteiger partial charge in [0.25, 0.3) is 0 Å². The molecule has 8 heteroatoms. The molecule has 1 saturated heterocycles. The summed E-state index contributed by atoms with van der Waals surface area (Å²) in [4.78, 5) is 32.8. The Morgan fingerprint density at radius 3 is 2.63 bits per heavy atom. The fraction of sp³-hybridized carbons (Fsp3) is 0.727. The van der Waals surface area contributed by atoms with E-state index in [1.807, 2.05) is 0 Å². The van der Waals surface area contributed by atoms with Crippen molar-refractivity contribution in [2.24, 2.45) is 5.73 Å². The molecule has 0 spiro atoms. The molecule has 0 radical (unpaired) electrons. The second-order valence-corrected chi connectivity index (χ2v) is 4.59. The number of aliphatic carboxylic acids is 1. The van der Waals surface area contributed by atoms with Crippen molar-refractivity contribution in [3.8, 4) is 0 Å². The summed E-state index contributed by atoms with van der Waals surface area (Å²) in [5.74, 6) is -1.47. The van der Waals surface area contributed by atoms with Gasteiger partial charge in [0.15, 0.2) is 6.10 Å². The molecule has 0 aromatic carbocycles. The lowest BCUT2D eigenvalue weighted by Gasteiger charge is -2.15. The number of nitrogens with two attached hydrogens (primary N) is 1. The molecule has 1 heterocycles. The SMILES string of the molecule is CC(CC(N)=O)NC(=O)NCC1CCC(C(=O)O)O1. The van der Waals surface area contributed by atoms with Crippen LogP contribution in [-0.2, 0) is 14.3 Å². The van der Waals surface area contributed by atoms with Gasteiger partial charge in [0.2, 0.25) is 5.91 Å². The molecule has 0 aromatic heterocycles. The van der Waals surface area contributed by atoms with Crippen molar-refractivity contribution in [3.05, 3.63) is 0 Å². The third-order valence-electron chi connectivity index (χ3n) is 2.76. The monoisotopic (exact) mass is 273 g/mol. The highest BCUT2D eigenvalue weighted by molar-refractivity contribution is 5.77. The van der Waals surface area contributed by atoms with Gasteiger partial charge in [-0.25, -0.2) is 9.59 Å². The number of carbonyl (C=O) groups excluding carboxylic acids is 2. The quantitative estimate of drug-likeness (QED) is 0.502. The molecular weight excluding hydrogens is 254 g/mol. The van der Waals surface area contributed by atoms with Gasteiger partial charge in [-0.1, -0.05) is 0 Å². The number of ether oxygens (including phenoxy) is 1. The van der Waals surface area contributed by atoms with E-state index >= 15 is 0 Å². The average Bonchev–Trinajstić information content (AvgIpc) is 2.73. The number of nitrogens with one attached hydrogen (secondary N) is 2. The second kappa shape index (κ2) is 6.93. The van der Waals surface area contributed by atoms with Crippen molar-refractivity contribution in [2.75, 3.05) is 6.54 Å². The average molecular weight is 273 g/mol. The van der Waals surface area contributed by atoms with E-state index in [1.54, 1.807) is 6.92 Å². The Balaban J connectivity index is 2.20. The minimum absolute atomic E-state index is 0.0639. The van der Waals surface area contributed by atoms with Crippen LogP contribution in [0.25, 0.3) is 0 Å². The maximum atomic E-state index is 11.5. The van der Waals surface area contributed by atoms with E-state index in [9.17, 15) is 14.4 Å². The van der Waals surface area contributed by atoms with Crippen LogP contribution in [0, 0.1) is 0 Å². The molecule has 8 nitrogen and oxygen atoms in total. The van der Waals surface area contributed by atoms with Crippen LogP contribution in [0.5, 0.6) is 0 Å². The van der Waals surface area contributed by atoms with Crippen molar-refractivity contribution < 1.29 is 24.2 Å². The third kappa shape index (κ3) is 5.56. The molecule has 3 atom stereocenters. The molecule has 0 aliphatic carbocycles. The van der Waals surface area contributed by atoms with Gasteiger partial charge in [-0.2, -0.15) is 0 Å². The minimum Gasteiger partial charge on any atom is -0.479 e. The Bertz CT molecular complexity index is 360. The summed E-state index contributed by atoms with van der Waals surface area (Å²) in [5.41, 5.74) is 5.00. The first-order valence-electron chi connectivity index (χ1n) is 6.09. The second-order valence-electron chi connectivity index (χ2n) is 4.59. The van der Waals surface area contributed by atoms with Crippen LogP contribution in [0.2, 0.25) is 0 Å². The number of carboxylic acid groups (broad SMARTS) is 1. The fourth-order valence-electron chi connectivity index (χ4n) is 1.87. The highest BCUT2D eigenvalue weighted by Crippen LogP contribution is 2.19. The first-order chi connectivity index (χ1) is 8.88. The summed E-state index contributed by atoms with van der Waals surface area (Å²) in [6, 6.07) is -0.787. The van der Waals surface area contributed by atoms with E-state index in [0.29, 0.717) is 12.8 Å². The maximum Gasteiger partial charge on any atom is 0.332 e. The predicted molar refractivity (Wildman–Crippen MR) is 65.3 cm³/mol. The molecule has 0 bridgehead atoms. The van der Waals surface area contributed by atoms with Gasteiger partial charge >= 0.3 is 12.0 Å². The summed E-state index contributed by atoms with van der Waals surface area (Å²) in [6.45, 7) is 1.90. The molecule has 5 N–H and O–H groups in total.